The summed E-state index contributed by atoms with van der Waals surface area (Å²) in [5.41, 5.74) is 5.32. The number of carbonyl (C=O) groups is 4. The van der Waals surface area contributed by atoms with Crippen molar-refractivity contribution in [3.8, 4) is 0 Å². The molecule has 2 heterocycles. The van der Waals surface area contributed by atoms with E-state index in [0.29, 0.717) is 41.7 Å². The molecule has 0 aliphatic carbocycles. The number of urea groups is 1. The Balaban J connectivity index is 1.62. The number of nitrogens with zero attached hydrogens (tertiary/aromatic N) is 4. The first-order chi connectivity index (χ1) is 26.5. The van der Waals surface area contributed by atoms with Gasteiger partial charge in [0.1, 0.15) is 12.1 Å². The average Bonchev–Trinajstić information content (AvgIpc) is 3.49. The highest BCUT2D eigenvalue weighted by Crippen LogP contribution is 2.25. The molecular weight excluding hydrogens is 757 g/mol. The number of methoxy groups -OCH3 is 1. The van der Waals surface area contributed by atoms with Gasteiger partial charge < -0.3 is 30.3 Å². The van der Waals surface area contributed by atoms with E-state index in [2.05, 4.69) is 21.0 Å². The van der Waals surface area contributed by atoms with Crippen LogP contribution in [0, 0.1) is 18.3 Å². The highest BCUT2D eigenvalue weighted by atomic mass is 35.5. The minimum Gasteiger partial charge on any atom is -0.453 e. The number of hydrazine groups is 1. The maximum Gasteiger partial charge on any atom is 0.407 e. The number of halogens is 2. The molecule has 4 rings (SSSR count). The SMILES string of the molecule is CCC(C)C(C(=O)NC(Cc1ccccc1)C(O)CN(Cc1ccc(Cl)c(Cl)c1)NC(=O)C(NC(=O)OC)C(C)(C)C)N1CCN(Cc2cccc(C)n2)C1=O. The number of benzene rings is 2. The van der Waals surface area contributed by atoms with Crippen LogP contribution in [0.15, 0.2) is 66.7 Å². The highest BCUT2D eigenvalue weighted by Gasteiger charge is 2.41. The predicted octanol–water partition coefficient (Wildman–Crippen LogP) is 5.74. The van der Waals surface area contributed by atoms with Gasteiger partial charge in [-0.1, -0.05) is 107 Å². The van der Waals surface area contributed by atoms with E-state index in [1.807, 2.05) is 69.3 Å². The monoisotopic (exact) mass is 811 g/mol. The zero-order chi connectivity index (χ0) is 41.2. The molecule has 3 aromatic rings. The minimum atomic E-state index is -1.24. The fraction of sp³-hybridized carbons (Fsp3) is 0.488. The summed E-state index contributed by atoms with van der Waals surface area (Å²) >= 11 is 12.5. The Kier molecular flexibility index (Phi) is 15.9. The summed E-state index contributed by atoms with van der Waals surface area (Å²) in [6.07, 6.45) is -1.13. The fourth-order valence-corrected chi connectivity index (χ4v) is 6.99. The molecule has 0 bridgehead atoms. The lowest BCUT2D eigenvalue weighted by atomic mass is 9.86. The summed E-state index contributed by atoms with van der Waals surface area (Å²) in [5.74, 6) is -1.14. The zero-order valence-electron chi connectivity index (χ0n) is 33.2. The molecular formula is C41H55Cl2N7O6. The molecule has 1 saturated heterocycles. The van der Waals surface area contributed by atoms with Crippen LogP contribution in [0.25, 0.3) is 0 Å². The molecule has 15 heteroatoms. The summed E-state index contributed by atoms with van der Waals surface area (Å²) in [6, 6.07) is 17.3. The number of aromatic nitrogens is 1. The van der Waals surface area contributed by atoms with Crippen molar-refractivity contribution in [3.05, 3.63) is 99.3 Å². The summed E-state index contributed by atoms with van der Waals surface area (Å²) in [6.45, 7) is 12.3. The fourth-order valence-electron chi connectivity index (χ4n) is 6.67. The number of ether oxygens (including phenoxy) is 1. The van der Waals surface area contributed by atoms with E-state index in [0.717, 1.165) is 17.0 Å². The van der Waals surface area contributed by atoms with Gasteiger partial charge in [0.25, 0.3) is 5.91 Å². The molecule has 304 valence electrons. The van der Waals surface area contributed by atoms with Crippen LogP contribution in [0.4, 0.5) is 9.59 Å². The van der Waals surface area contributed by atoms with Crippen LogP contribution >= 0.6 is 23.2 Å². The summed E-state index contributed by atoms with van der Waals surface area (Å²) in [7, 11) is 1.21. The number of amides is 5. The third-order valence-electron chi connectivity index (χ3n) is 9.91. The summed E-state index contributed by atoms with van der Waals surface area (Å²) < 4.78 is 4.78. The molecule has 1 aliphatic heterocycles. The second-order valence-corrected chi connectivity index (χ2v) is 16.2. The number of hydrogen-bond acceptors (Lipinski definition) is 8. The zero-order valence-corrected chi connectivity index (χ0v) is 34.7. The van der Waals surface area contributed by atoms with Gasteiger partial charge in [0, 0.05) is 31.9 Å². The maximum atomic E-state index is 14.4. The van der Waals surface area contributed by atoms with Crippen molar-refractivity contribution in [2.24, 2.45) is 11.3 Å². The Morgan fingerprint density at radius 2 is 1.68 bits per heavy atom. The van der Waals surface area contributed by atoms with Crippen LogP contribution < -0.4 is 16.1 Å². The molecule has 1 aromatic heterocycles. The van der Waals surface area contributed by atoms with Crippen LogP contribution in [0.5, 0.6) is 0 Å². The second-order valence-electron chi connectivity index (χ2n) is 15.4. The Bertz CT molecular complexity index is 1810. The molecule has 0 spiro atoms. The number of alkyl carbamates (subject to hydrolysis) is 1. The number of aliphatic hydroxyl groups excluding tert-OH is 1. The number of aliphatic hydroxyl groups is 1. The normalized spacial score (nSPS) is 15.9. The predicted molar refractivity (Wildman–Crippen MR) is 217 cm³/mol. The van der Waals surface area contributed by atoms with E-state index in [1.54, 1.807) is 48.8 Å². The van der Waals surface area contributed by atoms with E-state index in [1.165, 1.54) is 12.1 Å². The van der Waals surface area contributed by atoms with Gasteiger partial charge >= 0.3 is 12.1 Å². The van der Waals surface area contributed by atoms with Crippen molar-refractivity contribution in [3.63, 3.8) is 0 Å². The van der Waals surface area contributed by atoms with Crippen molar-refractivity contribution < 1.29 is 29.0 Å². The third kappa shape index (κ3) is 12.3. The van der Waals surface area contributed by atoms with E-state index in [9.17, 15) is 24.3 Å². The average molecular weight is 813 g/mol. The minimum absolute atomic E-state index is 0.0875. The van der Waals surface area contributed by atoms with Crippen molar-refractivity contribution in [1.82, 2.24) is 35.9 Å². The van der Waals surface area contributed by atoms with Crippen LogP contribution in [-0.4, -0.2) is 99.8 Å². The van der Waals surface area contributed by atoms with Gasteiger partial charge in [0.05, 0.1) is 41.5 Å². The lowest BCUT2D eigenvalue weighted by Gasteiger charge is -2.36. The van der Waals surface area contributed by atoms with Gasteiger partial charge in [-0.2, -0.15) is 0 Å². The second kappa shape index (κ2) is 20.1. The lowest BCUT2D eigenvalue weighted by Crippen LogP contribution is -2.60. The molecule has 0 saturated carbocycles. The van der Waals surface area contributed by atoms with E-state index in [-0.39, 0.29) is 31.5 Å². The number of hydrogen-bond donors (Lipinski definition) is 4. The van der Waals surface area contributed by atoms with Gasteiger partial charge in [0.15, 0.2) is 0 Å². The van der Waals surface area contributed by atoms with E-state index >= 15 is 0 Å². The largest absolute Gasteiger partial charge is 0.453 e. The van der Waals surface area contributed by atoms with Crippen LogP contribution in [0.3, 0.4) is 0 Å². The summed E-state index contributed by atoms with van der Waals surface area (Å²) in [4.78, 5) is 62.2. The Morgan fingerprint density at radius 3 is 2.30 bits per heavy atom. The molecule has 13 nitrogen and oxygen atoms in total. The highest BCUT2D eigenvalue weighted by molar-refractivity contribution is 6.42. The molecule has 0 radical (unpaired) electrons. The Labute approximate surface area is 340 Å². The van der Waals surface area contributed by atoms with Crippen LogP contribution in [-0.2, 0) is 33.8 Å². The number of carbonyl (C=O) groups excluding carboxylic acids is 4. The standard InChI is InChI=1S/C41H55Cl2N7O6/c1-8-26(2)35(50-20-19-48(40(50)55)24-30-16-12-13-27(3)44-30)37(52)45-33(22-28-14-10-9-11-15-28)34(51)25-49(23-29-17-18-31(42)32(43)21-29)47-38(53)36(41(4,5)6)46-39(54)56-7/h9-18,21,26,33-36,51H,8,19-20,22-25H2,1-7H3,(H,45,52)(H,46,54)(H,47,53). The molecule has 1 aliphatic rings. The molecule has 5 unspecified atom stereocenters. The van der Waals surface area contributed by atoms with Gasteiger partial charge in [0.2, 0.25) is 5.91 Å². The molecule has 5 amide bonds. The van der Waals surface area contributed by atoms with Crippen molar-refractivity contribution in [1.29, 1.82) is 0 Å². The third-order valence-corrected chi connectivity index (χ3v) is 10.7. The van der Waals surface area contributed by atoms with Crippen LogP contribution in [0.1, 0.15) is 63.6 Å². The first kappa shape index (κ1) is 44.3. The summed E-state index contributed by atoms with van der Waals surface area (Å²) in [5, 5.41) is 19.9. The maximum absolute atomic E-state index is 14.4. The van der Waals surface area contributed by atoms with Gasteiger partial charge in [-0.15, -0.1) is 0 Å². The Morgan fingerprint density at radius 1 is 0.964 bits per heavy atom. The quantitative estimate of drug-likeness (QED) is 0.126. The van der Waals surface area contributed by atoms with Crippen molar-refractivity contribution >= 4 is 47.1 Å². The van der Waals surface area contributed by atoms with Gasteiger partial charge in [-0.25, -0.2) is 14.6 Å². The first-order valence-corrected chi connectivity index (χ1v) is 19.6. The molecule has 1 fully saturated rings. The van der Waals surface area contributed by atoms with Gasteiger partial charge in [-0.05, 0) is 60.1 Å². The first-order valence-electron chi connectivity index (χ1n) is 18.8. The van der Waals surface area contributed by atoms with E-state index in [4.69, 9.17) is 27.9 Å². The van der Waals surface area contributed by atoms with Crippen molar-refractivity contribution in [2.45, 2.75) is 91.7 Å². The number of pyridine rings is 1. The number of nitrogens with one attached hydrogen (secondary N) is 3. The molecule has 2 aromatic carbocycles. The smallest absolute Gasteiger partial charge is 0.407 e. The lowest BCUT2D eigenvalue weighted by molar-refractivity contribution is -0.132. The van der Waals surface area contributed by atoms with Crippen LogP contribution in [0.2, 0.25) is 10.0 Å². The number of rotatable bonds is 17. The molecule has 4 N–H and O–H groups in total. The molecule has 5 atom stereocenters. The Hall–Kier alpha value is -4.43. The number of aryl methyl sites for hydroxylation is 1. The van der Waals surface area contributed by atoms with Gasteiger partial charge in [-0.3, -0.25) is 20.0 Å². The van der Waals surface area contributed by atoms with E-state index < -0.39 is 47.6 Å². The molecule has 56 heavy (non-hydrogen) atoms. The van der Waals surface area contributed by atoms with Crippen molar-refractivity contribution in [2.75, 3.05) is 26.7 Å². The topological polar surface area (TPSA) is 156 Å².